The van der Waals surface area contributed by atoms with Gasteiger partial charge in [-0.2, -0.15) is 0 Å². The van der Waals surface area contributed by atoms with Gasteiger partial charge in [-0.25, -0.2) is 4.98 Å². The van der Waals surface area contributed by atoms with E-state index in [4.69, 9.17) is 4.74 Å². The summed E-state index contributed by atoms with van der Waals surface area (Å²) < 4.78 is 6.77. The second-order valence-electron chi connectivity index (χ2n) is 5.02. The minimum Gasteiger partial charge on any atom is -0.473 e. The largest absolute Gasteiger partial charge is 0.473 e. The Balaban J connectivity index is 1.90. The van der Waals surface area contributed by atoms with E-state index in [9.17, 15) is 0 Å². The van der Waals surface area contributed by atoms with Crippen LogP contribution < -0.4 is 10.1 Å². The normalized spacial score (nSPS) is 12.1. The van der Waals surface area contributed by atoms with E-state index < -0.39 is 0 Å². The van der Waals surface area contributed by atoms with Gasteiger partial charge < -0.3 is 10.1 Å². The topological polar surface area (TPSA) is 34.1 Å². The lowest BCUT2D eigenvalue weighted by molar-refractivity contribution is 0.293. The van der Waals surface area contributed by atoms with Crippen molar-refractivity contribution in [1.82, 2.24) is 10.3 Å². The van der Waals surface area contributed by atoms with Gasteiger partial charge >= 0.3 is 0 Å². The molecule has 0 amide bonds. The summed E-state index contributed by atoms with van der Waals surface area (Å²) in [7, 11) is 0. The molecule has 21 heavy (non-hydrogen) atoms. The maximum atomic E-state index is 5.71. The van der Waals surface area contributed by atoms with Crippen molar-refractivity contribution in [2.24, 2.45) is 0 Å². The van der Waals surface area contributed by atoms with E-state index in [1.54, 1.807) is 0 Å². The summed E-state index contributed by atoms with van der Waals surface area (Å²) in [5.41, 5.74) is 2.30. The molecule has 0 aliphatic heterocycles. The summed E-state index contributed by atoms with van der Waals surface area (Å²) >= 11 is 3.46. The fourth-order valence-electron chi connectivity index (χ4n) is 2.00. The number of hydrogen-bond donors (Lipinski definition) is 1. The average molecular weight is 349 g/mol. The molecule has 0 saturated heterocycles. The van der Waals surface area contributed by atoms with E-state index in [1.165, 1.54) is 5.56 Å². The zero-order valence-electron chi connectivity index (χ0n) is 12.5. The first-order valence-corrected chi connectivity index (χ1v) is 8.05. The molecule has 0 spiro atoms. The second kappa shape index (κ2) is 8.15. The van der Waals surface area contributed by atoms with Crippen molar-refractivity contribution in [2.75, 3.05) is 6.54 Å². The van der Waals surface area contributed by atoms with Crippen LogP contribution in [0.4, 0.5) is 0 Å². The molecule has 1 heterocycles. The Bertz CT molecular complexity index is 557. The van der Waals surface area contributed by atoms with Gasteiger partial charge in [0.15, 0.2) is 0 Å². The molecular formula is C17H21BrN2O. The number of benzene rings is 1. The predicted molar refractivity (Wildman–Crippen MR) is 89.4 cm³/mol. The maximum Gasteiger partial charge on any atom is 0.213 e. The number of rotatable bonds is 7. The van der Waals surface area contributed by atoms with Gasteiger partial charge in [-0.1, -0.05) is 41.1 Å². The Morgan fingerprint density at radius 3 is 2.81 bits per heavy atom. The van der Waals surface area contributed by atoms with Gasteiger partial charge in [-0.3, -0.25) is 0 Å². The van der Waals surface area contributed by atoms with Gasteiger partial charge in [0, 0.05) is 22.8 Å². The molecule has 0 bridgehead atoms. The molecule has 0 saturated carbocycles. The first-order chi connectivity index (χ1) is 10.2. The van der Waals surface area contributed by atoms with E-state index in [0.29, 0.717) is 18.5 Å². The lowest BCUT2D eigenvalue weighted by Gasteiger charge is -2.13. The molecule has 1 unspecified atom stereocenters. The molecule has 4 heteroatoms. The highest BCUT2D eigenvalue weighted by Gasteiger charge is 2.05. The van der Waals surface area contributed by atoms with Crippen molar-refractivity contribution < 1.29 is 4.74 Å². The van der Waals surface area contributed by atoms with Crippen LogP contribution in [0.15, 0.2) is 47.1 Å². The lowest BCUT2D eigenvalue weighted by atomic mass is 10.1. The quantitative estimate of drug-likeness (QED) is 0.800. The fraction of sp³-hybridized carbons (Fsp3) is 0.353. The summed E-state index contributed by atoms with van der Waals surface area (Å²) in [4.78, 5) is 4.37. The predicted octanol–water partition coefficient (Wildman–Crippen LogP) is 4.48. The van der Waals surface area contributed by atoms with Gasteiger partial charge in [-0.05, 0) is 43.1 Å². The second-order valence-corrected chi connectivity index (χ2v) is 5.94. The number of ether oxygens (including phenoxy) is 1. The molecule has 1 N–H and O–H groups in total. The molecule has 0 radical (unpaired) electrons. The Labute approximate surface area is 134 Å². The van der Waals surface area contributed by atoms with Crippen LogP contribution in [0.1, 0.15) is 37.4 Å². The first-order valence-electron chi connectivity index (χ1n) is 7.25. The molecule has 0 aliphatic rings. The van der Waals surface area contributed by atoms with Gasteiger partial charge in [0.2, 0.25) is 5.88 Å². The smallest absolute Gasteiger partial charge is 0.213 e. The number of halogens is 1. The van der Waals surface area contributed by atoms with Crippen molar-refractivity contribution in [3.8, 4) is 5.88 Å². The summed E-state index contributed by atoms with van der Waals surface area (Å²) in [6.45, 7) is 5.85. The third-order valence-corrected chi connectivity index (χ3v) is 3.73. The monoisotopic (exact) mass is 348 g/mol. The number of nitrogens with zero attached hydrogens (tertiary/aromatic N) is 1. The van der Waals surface area contributed by atoms with Crippen LogP contribution in [0.5, 0.6) is 5.88 Å². The number of hydrogen-bond acceptors (Lipinski definition) is 3. The van der Waals surface area contributed by atoms with Crippen LogP contribution in [-0.4, -0.2) is 11.5 Å². The highest BCUT2D eigenvalue weighted by molar-refractivity contribution is 9.10. The van der Waals surface area contributed by atoms with E-state index in [-0.39, 0.29) is 0 Å². The molecule has 112 valence electrons. The number of nitrogens with one attached hydrogen (secondary N) is 1. The minimum absolute atomic E-state index is 0.316. The fourth-order valence-corrected chi connectivity index (χ4v) is 2.44. The SMILES string of the molecule is CCCNC(C)c1ccc(OCc2cccc(Br)c2)nc1. The Morgan fingerprint density at radius 1 is 1.29 bits per heavy atom. The van der Waals surface area contributed by atoms with Crippen LogP contribution in [0.3, 0.4) is 0 Å². The van der Waals surface area contributed by atoms with E-state index in [2.05, 4.69) is 46.1 Å². The molecule has 1 aromatic carbocycles. The molecule has 2 aromatic rings. The molecule has 2 rings (SSSR count). The van der Waals surface area contributed by atoms with Crippen molar-refractivity contribution in [1.29, 1.82) is 0 Å². The van der Waals surface area contributed by atoms with Gasteiger partial charge in [0.25, 0.3) is 0 Å². The van der Waals surface area contributed by atoms with Crippen molar-refractivity contribution in [3.63, 3.8) is 0 Å². The maximum absolute atomic E-state index is 5.71. The minimum atomic E-state index is 0.316. The van der Waals surface area contributed by atoms with Gasteiger partial charge in [0.1, 0.15) is 6.61 Å². The lowest BCUT2D eigenvalue weighted by Crippen LogP contribution is -2.19. The van der Waals surface area contributed by atoms with Crippen molar-refractivity contribution in [3.05, 3.63) is 58.2 Å². The number of pyridine rings is 1. The zero-order chi connectivity index (χ0) is 15.1. The van der Waals surface area contributed by atoms with E-state index in [1.807, 2.05) is 36.5 Å². The van der Waals surface area contributed by atoms with Crippen LogP contribution in [-0.2, 0) is 6.61 Å². The van der Waals surface area contributed by atoms with Crippen LogP contribution in [0.2, 0.25) is 0 Å². The average Bonchev–Trinajstić information content (AvgIpc) is 2.51. The Morgan fingerprint density at radius 2 is 2.14 bits per heavy atom. The molecule has 1 aromatic heterocycles. The van der Waals surface area contributed by atoms with Gasteiger partial charge in [0.05, 0.1) is 0 Å². The molecule has 0 fully saturated rings. The van der Waals surface area contributed by atoms with E-state index in [0.717, 1.165) is 23.0 Å². The van der Waals surface area contributed by atoms with Crippen molar-refractivity contribution >= 4 is 15.9 Å². The third-order valence-electron chi connectivity index (χ3n) is 3.24. The van der Waals surface area contributed by atoms with Crippen LogP contribution in [0.25, 0.3) is 0 Å². The summed E-state index contributed by atoms with van der Waals surface area (Å²) in [5, 5.41) is 3.45. The summed E-state index contributed by atoms with van der Waals surface area (Å²) in [5.74, 6) is 0.654. The summed E-state index contributed by atoms with van der Waals surface area (Å²) in [6.07, 6.45) is 3.01. The Hall–Kier alpha value is -1.39. The van der Waals surface area contributed by atoms with E-state index >= 15 is 0 Å². The standard InChI is InChI=1S/C17H21BrN2O/c1-3-9-19-13(2)15-7-8-17(20-11-15)21-12-14-5-4-6-16(18)10-14/h4-8,10-11,13,19H,3,9,12H2,1-2H3. The van der Waals surface area contributed by atoms with Crippen LogP contribution in [0, 0.1) is 0 Å². The molecule has 3 nitrogen and oxygen atoms in total. The molecule has 0 aliphatic carbocycles. The summed E-state index contributed by atoms with van der Waals surface area (Å²) in [6, 6.07) is 12.4. The van der Waals surface area contributed by atoms with Crippen LogP contribution >= 0.6 is 15.9 Å². The van der Waals surface area contributed by atoms with Gasteiger partial charge in [-0.15, -0.1) is 0 Å². The highest BCUT2D eigenvalue weighted by atomic mass is 79.9. The Kier molecular flexibility index (Phi) is 6.21. The molecular weight excluding hydrogens is 328 g/mol. The first kappa shape index (κ1) is 16.0. The zero-order valence-corrected chi connectivity index (χ0v) is 14.1. The molecule has 1 atom stereocenters. The van der Waals surface area contributed by atoms with Crippen molar-refractivity contribution in [2.45, 2.75) is 32.9 Å². The third kappa shape index (κ3) is 5.14. The number of aromatic nitrogens is 1. The highest BCUT2D eigenvalue weighted by Crippen LogP contribution is 2.17.